The Morgan fingerprint density at radius 2 is 2.00 bits per heavy atom. The highest BCUT2D eigenvalue weighted by molar-refractivity contribution is 5.74. The number of likely N-dealkylation sites (N-methyl/N-ethyl adjacent to an activating group) is 1. The van der Waals surface area contributed by atoms with Gasteiger partial charge < -0.3 is 15.7 Å². The standard InChI is InChI=1S/C12H18N2O2/c1-3-14(8-11(13)12(15)16)10-6-4-9(2)5-7-10/h4-7,11H,3,8,13H2,1-2H3,(H,15,16). The van der Waals surface area contributed by atoms with Crippen molar-refractivity contribution in [2.75, 3.05) is 18.0 Å². The molecule has 0 saturated heterocycles. The number of nitrogens with zero attached hydrogens (tertiary/aromatic N) is 1. The van der Waals surface area contributed by atoms with Crippen molar-refractivity contribution in [3.05, 3.63) is 29.8 Å². The van der Waals surface area contributed by atoms with E-state index < -0.39 is 12.0 Å². The maximum absolute atomic E-state index is 10.7. The van der Waals surface area contributed by atoms with Gasteiger partial charge in [-0.1, -0.05) is 17.7 Å². The summed E-state index contributed by atoms with van der Waals surface area (Å²) < 4.78 is 0. The number of hydrogen-bond donors (Lipinski definition) is 2. The van der Waals surface area contributed by atoms with Crippen LogP contribution in [0.1, 0.15) is 12.5 Å². The highest BCUT2D eigenvalue weighted by Gasteiger charge is 2.15. The lowest BCUT2D eigenvalue weighted by Gasteiger charge is -2.24. The number of carboxylic acids is 1. The van der Waals surface area contributed by atoms with E-state index in [-0.39, 0.29) is 0 Å². The molecule has 0 spiro atoms. The van der Waals surface area contributed by atoms with Crippen LogP contribution in [0.3, 0.4) is 0 Å². The molecule has 3 N–H and O–H groups in total. The molecule has 16 heavy (non-hydrogen) atoms. The van der Waals surface area contributed by atoms with E-state index >= 15 is 0 Å². The lowest BCUT2D eigenvalue weighted by atomic mass is 10.2. The maximum atomic E-state index is 10.7. The molecule has 88 valence electrons. The summed E-state index contributed by atoms with van der Waals surface area (Å²) in [7, 11) is 0. The van der Waals surface area contributed by atoms with Gasteiger partial charge in [-0.2, -0.15) is 0 Å². The Morgan fingerprint density at radius 1 is 1.44 bits per heavy atom. The van der Waals surface area contributed by atoms with Crippen LogP contribution in [0.2, 0.25) is 0 Å². The first-order valence-corrected chi connectivity index (χ1v) is 5.34. The zero-order chi connectivity index (χ0) is 12.1. The summed E-state index contributed by atoms with van der Waals surface area (Å²) in [4.78, 5) is 12.6. The van der Waals surface area contributed by atoms with Crippen LogP contribution in [-0.2, 0) is 4.79 Å². The van der Waals surface area contributed by atoms with Crippen LogP contribution in [-0.4, -0.2) is 30.2 Å². The van der Waals surface area contributed by atoms with Crippen molar-refractivity contribution < 1.29 is 9.90 Å². The molecular formula is C12H18N2O2. The Labute approximate surface area is 95.7 Å². The molecular weight excluding hydrogens is 204 g/mol. The molecule has 4 heteroatoms. The Kier molecular flexibility index (Phi) is 4.31. The fourth-order valence-electron chi connectivity index (χ4n) is 1.49. The third-order valence-electron chi connectivity index (χ3n) is 2.52. The number of benzene rings is 1. The fourth-order valence-corrected chi connectivity index (χ4v) is 1.49. The van der Waals surface area contributed by atoms with Crippen molar-refractivity contribution in [2.24, 2.45) is 5.73 Å². The average Bonchev–Trinajstić information content (AvgIpc) is 2.26. The van der Waals surface area contributed by atoms with E-state index in [1.165, 1.54) is 5.56 Å². The van der Waals surface area contributed by atoms with Gasteiger partial charge in [0.1, 0.15) is 6.04 Å². The van der Waals surface area contributed by atoms with Crippen molar-refractivity contribution in [1.29, 1.82) is 0 Å². The summed E-state index contributed by atoms with van der Waals surface area (Å²) in [6.07, 6.45) is 0. The quantitative estimate of drug-likeness (QED) is 0.786. The van der Waals surface area contributed by atoms with Crippen molar-refractivity contribution in [2.45, 2.75) is 19.9 Å². The molecule has 1 aromatic carbocycles. The molecule has 0 fully saturated rings. The van der Waals surface area contributed by atoms with Gasteiger partial charge in [-0.25, -0.2) is 0 Å². The predicted octanol–water partition coefficient (Wildman–Crippen LogP) is 1.23. The smallest absolute Gasteiger partial charge is 0.322 e. The molecule has 1 atom stereocenters. The minimum absolute atomic E-state index is 0.328. The Hall–Kier alpha value is -1.55. The molecule has 0 bridgehead atoms. The highest BCUT2D eigenvalue weighted by Crippen LogP contribution is 2.14. The van der Waals surface area contributed by atoms with Gasteiger partial charge in [0.05, 0.1) is 0 Å². The van der Waals surface area contributed by atoms with Crippen LogP contribution >= 0.6 is 0 Å². The summed E-state index contributed by atoms with van der Waals surface area (Å²) in [5.74, 6) is -0.967. The highest BCUT2D eigenvalue weighted by atomic mass is 16.4. The van der Waals surface area contributed by atoms with Crippen LogP contribution in [0.4, 0.5) is 5.69 Å². The average molecular weight is 222 g/mol. The third-order valence-corrected chi connectivity index (χ3v) is 2.52. The molecule has 0 aliphatic carbocycles. The number of carbonyl (C=O) groups is 1. The van der Waals surface area contributed by atoms with Crippen LogP contribution < -0.4 is 10.6 Å². The summed E-state index contributed by atoms with van der Waals surface area (Å²) in [5.41, 5.74) is 7.71. The SMILES string of the molecule is CCN(CC(N)C(=O)O)c1ccc(C)cc1. The normalized spacial score (nSPS) is 12.2. The van der Waals surface area contributed by atoms with E-state index in [4.69, 9.17) is 10.8 Å². The monoisotopic (exact) mass is 222 g/mol. The Balaban J connectivity index is 2.74. The second-order valence-electron chi connectivity index (χ2n) is 3.82. The van der Waals surface area contributed by atoms with Gasteiger partial charge in [0.2, 0.25) is 0 Å². The molecule has 0 aromatic heterocycles. The van der Waals surface area contributed by atoms with E-state index in [0.717, 1.165) is 12.2 Å². The number of aryl methyl sites for hydroxylation is 1. The lowest BCUT2D eigenvalue weighted by molar-refractivity contribution is -0.138. The summed E-state index contributed by atoms with van der Waals surface area (Å²) in [5, 5.41) is 8.77. The minimum atomic E-state index is -0.967. The maximum Gasteiger partial charge on any atom is 0.322 e. The summed E-state index contributed by atoms with van der Waals surface area (Å²) in [6.45, 7) is 5.07. The molecule has 1 aromatic rings. The number of hydrogen-bond acceptors (Lipinski definition) is 3. The zero-order valence-electron chi connectivity index (χ0n) is 9.68. The van der Waals surface area contributed by atoms with Crippen LogP contribution in [0.15, 0.2) is 24.3 Å². The van der Waals surface area contributed by atoms with Gasteiger partial charge in [0.25, 0.3) is 0 Å². The van der Waals surface area contributed by atoms with Crippen LogP contribution in [0.5, 0.6) is 0 Å². The first-order chi connectivity index (χ1) is 7.54. The molecule has 0 saturated carbocycles. The Morgan fingerprint density at radius 3 is 2.44 bits per heavy atom. The van der Waals surface area contributed by atoms with Gasteiger partial charge in [-0.3, -0.25) is 4.79 Å². The molecule has 0 radical (unpaired) electrons. The largest absolute Gasteiger partial charge is 0.480 e. The van der Waals surface area contributed by atoms with Crippen molar-refractivity contribution in [1.82, 2.24) is 0 Å². The number of nitrogens with two attached hydrogens (primary N) is 1. The minimum Gasteiger partial charge on any atom is -0.480 e. The molecule has 4 nitrogen and oxygen atoms in total. The molecule has 1 unspecified atom stereocenters. The van der Waals surface area contributed by atoms with Crippen LogP contribution in [0.25, 0.3) is 0 Å². The first-order valence-electron chi connectivity index (χ1n) is 5.34. The molecule has 0 heterocycles. The lowest BCUT2D eigenvalue weighted by Crippen LogP contribution is -2.42. The second kappa shape index (κ2) is 5.51. The zero-order valence-corrected chi connectivity index (χ0v) is 9.68. The second-order valence-corrected chi connectivity index (χ2v) is 3.82. The van der Waals surface area contributed by atoms with Crippen LogP contribution in [0, 0.1) is 6.92 Å². The fraction of sp³-hybridized carbons (Fsp3) is 0.417. The van der Waals surface area contributed by atoms with Gasteiger partial charge in [-0.05, 0) is 26.0 Å². The number of carboxylic acid groups (broad SMARTS) is 1. The van der Waals surface area contributed by atoms with Gasteiger partial charge >= 0.3 is 5.97 Å². The predicted molar refractivity (Wildman–Crippen MR) is 64.7 cm³/mol. The van der Waals surface area contributed by atoms with E-state index in [1.54, 1.807) is 0 Å². The van der Waals surface area contributed by atoms with E-state index in [0.29, 0.717) is 6.54 Å². The van der Waals surface area contributed by atoms with E-state index in [9.17, 15) is 4.79 Å². The first kappa shape index (κ1) is 12.5. The summed E-state index contributed by atoms with van der Waals surface area (Å²) in [6, 6.07) is 7.12. The molecule has 1 rings (SSSR count). The topological polar surface area (TPSA) is 66.6 Å². The number of aliphatic carboxylic acids is 1. The molecule has 0 aliphatic heterocycles. The summed E-state index contributed by atoms with van der Waals surface area (Å²) >= 11 is 0. The van der Waals surface area contributed by atoms with Gasteiger partial charge in [0.15, 0.2) is 0 Å². The number of rotatable bonds is 5. The third kappa shape index (κ3) is 3.24. The van der Waals surface area contributed by atoms with Crippen molar-refractivity contribution in [3.8, 4) is 0 Å². The van der Waals surface area contributed by atoms with Crippen molar-refractivity contribution >= 4 is 11.7 Å². The van der Waals surface area contributed by atoms with Gasteiger partial charge in [0, 0.05) is 18.8 Å². The van der Waals surface area contributed by atoms with E-state index in [2.05, 4.69) is 0 Å². The van der Waals surface area contributed by atoms with E-state index in [1.807, 2.05) is 43.0 Å². The number of anilines is 1. The molecule has 0 amide bonds. The Bertz CT molecular complexity index is 349. The van der Waals surface area contributed by atoms with Crippen molar-refractivity contribution in [3.63, 3.8) is 0 Å². The molecule has 0 aliphatic rings. The van der Waals surface area contributed by atoms with Gasteiger partial charge in [-0.15, -0.1) is 0 Å².